The maximum absolute atomic E-state index is 13.2. The number of methoxy groups -OCH3 is 1. The number of halogens is 1. The van der Waals surface area contributed by atoms with E-state index in [1.807, 2.05) is 13.8 Å². The van der Waals surface area contributed by atoms with Gasteiger partial charge in [0, 0.05) is 37.7 Å². The molecule has 1 amide bonds. The van der Waals surface area contributed by atoms with Crippen LogP contribution in [0.1, 0.15) is 13.8 Å². The Hall–Kier alpha value is -1.35. The van der Waals surface area contributed by atoms with Crippen LogP contribution in [0.25, 0.3) is 0 Å². The van der Waals surface area contributed by atoms with Crippen LogP contribution in [0.3, 0.4) is 0 Å². The smallest absolute Gasteiger partial charge is 0.247 e. The molecule has 7 nitrogen and oxygen atoms in total. The molecule has 0 aromatic heterocycles. The number of carbonyl (C=O) groups is 1. The number of hydrogen-bond acceptors (Lipinski definition) is 5. The highest BCUT2D eigenvalue weighted by Gasteiger charge is 2.31. The van der Waals surface area contributed by atoms with Crippen molar-refractivity contribution < 1.29 is 17.9 Å². The second-order valence-electron chi connectivity index (χ2n) is 6.62. The first kappa shape index (κ1) is 21.0. The summed E-state index contributed by atoms with van der Waals surface area (Å²) in [6.45, 7) is 6.44. The van der Waals surface area contributed by atoms with Crippen LogP contribution < -0.4 is 10.1 Å². The quantitative estimate of drug-likeness (QED) is 0.745. The lowest BCUT2D eigenvalue weighted by Gasteiger charge is -2.31. The molecule has 1 saturated heterocycles. The van der Waals surface area contributed by atoms with Gasteiger partial charge in [0.1, 0.15) is 10.6 Å². The molecule has 26 heavy (non-hydrogen) atoms. The molecule has 0 bridgehead atoms. The summed E-state index contributed by atoms with van der Waals surface area (Å²) in [7, 11) is -2.53. The van der Waals surface area contributed by atoms with E-state index in [1.54, 1.807) is 11.0 Å². The summed E-state index contributed by atoms with van der Waals surface area (Å²) in [5, 5.41) is 3.47. The lowest BCUT2D eigenvalue weighted by Crippen LogP contribution is -2.50. The van der Waals surface area contributed by atoms with Gasteiger partial charge in [-0.2, -0.15) is 4.31 Å². The number of sulfonamides is 1. The Bertz CT molecular complexity index is 734. The van der Waals surface area contributed by atoms with Crippen LogP contribution >= 0.6 is 11.6 Å². The van der Waals surface area contributed by atoms with Gasteiger partial charge in [0.25, 0.3) is 0 Å². The molecule has 0 saturated carbocycles. The van der Waals surface area contributed by atoms with Gasteiger partial charge in [-0.15, -0.1) is 0 Å². The summed E-state index contributed by atoms with van der Waals surface area (Å²) >= 11 is 6.00. The third kappa shape index (κ3) is 5.09. The van der Waals surface area contributed by atoms with Crippen LogP contribution in [0, 0.1) is 5.92 Å². The maximum atomic E-state index is 13.2. The average molecular weight is 404 g/mol. The summed E-state index contributed by atoms with van der Waals surface area (Å²) < 4.78 is 32.9. The fourth-order valence-corrected chi connectivity index (χ4v) is 4.78. The number of nitrogens with one attached hydrogen (secondary N) is 1. The average Bonchev–Trinajstić information content (AvgIpc) is 2.61. The van der Waals surface area contributed by atoms with Gasteiger partial charge in [0.2, 0.25) is 15.9 Å². The predicted octanol–water partition coefficient (Wildman–Crippen LogP) is 1.43. The van der Waals surface area contributed by atoms with Crippen LogP contribution in [0.15, 0.2) is 23.1 Å². The predicted molar refractivity (Wildman–Crippen MR) is 101 cm³/mol. The number of nitrogens with zero attached hydrogens (tertiary/aromatic N) is 2. The molecule has 1 fully saturated rings. The minimum absolute atomic E-state index is 0.0266. The Labute approximate surface area is 160 Å². The van der Waals surface area contributed by atoms with E-state index in [0.29, 0.717) is 31.2 Å². The molecule has 1 aromatic carbocycles. The van der Waals surface area contributed by atoms with Gasteiger partial charge in [-0.1, -0.05) is 25.4 Å². The van der Waals surface area contributed by atoms with Crippen molar-refractivity contribution in [1.29, 1.82) is 0 Å². The van der Waals surface area contributed by atoms with Crippen LogP contribution in [0.4, 0.5) is 0 Å². The Balaban J connectivity index is 2.32. The van der Waals surface area contributed by atoms with E-state index in [9.17, 15) is 13.2 Å². The Kier molecular flexibility index (Phi) is 7.28. The highest BCUT2D eigenvalue weighted by molar-refractivity contribution is 7.89. The van der Waals surface area contributed by atoms with Crippen molar-refractivity contribution in [2.24, 2.45) is 5.92 Å². The van der Waals surface area contributed by atoms with Crippen LogP contribution in [0.5, 0.6) is 5.75 Å². The molecule has 0 radical (unpaired) electrons. The molecular weight excluding hydrogens is 378 g/mol. The monoisotopic (exact) mass is 403 g/mol. The van der Waals surface area contributed by atoms with Crippen LogP contribution in [0.2, 0.25) is 5.02 Å². The summed E-state index contributed by atoms with van der Waals surface area (Å²) in [5.74, 6) is 0.0697. The zero-order valence-electron chi connectivity index (χ0n) is 15.4. The van der Waals surface area contributed by atoms with E-state index in [-0.39, 0.29) is 35.6 Å². The number of hydrogen-bond donors (Lipinski definition) is 1. The SMILES string of the molecule is COc1ccc(Cl)cc1S(=O)(=O)N(CC(=O)N1CCNCC1)CC(C)C. The topological polar surface area (TPSA) is 79.0 Å². The van der Waals surface area contributed by atoms with Gasteiger partial charge >= 0.3 is 0 Å². The minimum atomic E-state index is -3.93. The number of ether oxygens (including phenoxy) is 1. The van der Waals surface area contributed by atoms with Crippen molar-refractivity contribution in [1.82, 2.24) is 14.5 Å². The number of benzene rings is 1. The van der Waals surface area contributed by atoms with E-state index in [4.69, 9.17) is 16.3 Å². The third-order valence-electron chi connectivity index (χ3n) is 4.09. The molecule has 146 valence electrons. The highest BCUT2D eigenvalue weighted by Crippen LogP contribution is 2.30. The van der Waals surface area contributed by atoms with Crippen molar-refractivity contribution in [2.75, 3.05) is 46.4 Å². The molecule has 9 heteroatoms. The van der Waals surface area contributed by atoms with Gasteiger partial charge in [0.15, 0.2) is 0 Å². The number of rotatable bonds is 7. The van der Waals surface area contributed by atoms with Gasteiger partial charge in [0.05, 0.1) is 13.7 Å². The lowest BCUT2D eigenvalue weighted by atomic mass is 10.2. The normalized spacial score (nSPS) is 15.5. The molecule has 1 heterocycles. The lowest BCUT2D eigenvalue weighted by molar-refractivity contribution is -0.132. The van der Waals surface area contributed by atoms with Crippen molar-refractivity contribution in [3.05, 3.63) is 23.2 Å². The fourth-order valence-electron chi connectivity index (χ4n) is 2.81. The van der Waals surface area contributed by atoms with E-state index in [2.05, 4.69) is 5.32 Å². The standard InChI is InChI=1S/C17H26ClN3O4S/c1-13(2)11-21(12-17(22)20-8-6-19-7-9-20)26(23,24)16-10-14(18)4-5-15(16)25-3/h4-5,10,13,19H,6-9,11-12H2,1-3H3. The summed E-state index contributed by atoms with van der Waals surface area (Å²) in [4.78, 5) is 14.3. The van der Waals surface area contributed by atoms with Gasteiger partial charge in [-0.05, 0) is 24.1 Å². The van der Waals surface area contributed by atoms with E-state index < -0.39 is 10.0 Å². The molecule has 0 spiro atoms. The Morgan fingerprint density at radius 1 is 1.35 bits per heavy atom. The van der Waals surface area contributed by atoms with E-state index in [1.165, 1.54) is 23.5 Å². The highest BCUT2D eigenvalue weighted by atomic mass is 35.5. The third-order valence-corrected chi connectivity index (χ3v) is 6.16. The molecule has 1 aromatic rings. The summed E-state index contributed by atoms with van der Waals surface area (Å²) in [6, 6.07) is 4.44. The molecule has 0 atom stereocenters. The molecule has 1 N–H and O–H groups in total. The van der Waals surface area contributed by atoms with Crippen LogP contribution in [-0.2, 0) is 14.8 Å². The van der Waals surface area contributed by atoms with Crippen molar-refractivity contribution in [2.45, 2.75) is 18.7 Å². The molecular formula is C17H26ClN3O4S. The molecule has 1 aliphatic heterocycles. The van der Waals surface area contributed by atoms with Crippen molar-refractivity contribution >= 4 is 27.5 Å². The molecule has 0 unspecified atom stereocenters. The zero-order chi connectivity index (χ0) is 19.3. The van der Waals surface area contributed by atoms with Crippen LogP contribution in [-0.4, -0.2) is 69.9 Å². The Morgan fingerprint density at radius 2 is 2.00 bits per heavy atom. The molecule has 0 aliphatic carbocycles. The van der Waals surface area contributed by atoms with E-state index in [0.717, 1.165) is 0 Å². The Morgan fingerprint density at radius 3 is 2.58 bits per heavy atom. The van der Waals surface area contributed by atoms with Crippen molar-refractivity contribution in [3.8, 4) is 5.75 Å². The second kappa shape index (κ2) is 9.03. The number of amides is 1. The largest absolute Gasteiger partial charge is 0.495 e. The zero-order valence-corrected chi connectivity index (χ0v) is 16.9. The summed E-state index contributed by atoms with van der Waals surface area (Å²) in [6.07, 6.45) is 0. The van der Waals surface area contributed by atoms with Gasteiger partial charge < -0.3 is 15.0 Å². The maximum Gasteiger partial charge on any atom is 0.247 e. The second-order valence-corrected chi connectivity index (χ2v) is 8.96. The molecule has 2 rings (SSSR count). The first-order valence-corrected chi connectivity index (χ1v) is 10.4. The van der Waals surface area contributed by atoms with E-state index >= 15 is 0 Å². The number of piperazine rings is 1. The number of carbonyl (C=O) groups excluding carboxylic acids is 1. The molecule has 1 aliphatic rings. The first-order valence-electron chi connectivity index (χ1n) is 8.58. The first-order chi connectivity index (χ1) is 12.3. The minimum Gasteiger partial charge on any atom is -0.495 e. The fraction of sp³-hybridized carbons (Fsp3) is 0.588. The summed E-state index contributed by atoms with van der Waals surface area (Å²) in [5.41, 5.74) is 0. The van der Waals surface area contributed by atoms with Gasteiger partial charge in [-0.25, -0.2) is 8.42 Å². The van der Waals surface area contributed by atoms with Gasteiger partial charge in [-0.3, -0.25) is 4.79 Å². The van der Waals surface area contributed by atoms with Crippen molar-refractivity contribution in [3.63, 3.8) is 0 Å².